The average Bonchev–Trinajstić information content (AvgIpc) is 3.11. The average molecular weight is 425 g/mol. The number of rotatable bonds is 7. The summed E-state index contributed by atoms with van der Waals surface area (Å²) < 4.78 is 1.61. The summed E-state index contributed by atoms with van der Waals surface area (Å²) >= 11 is 6.38. The van der Waals surface area contributed by atoms with Gasteiger partial charge in [-0.1, -0.05) is 67.9 Å². The molecule has 0 spiro atoms. The molecule has 2 aromatic carbocycles. The lowest BCUT2D eigenvalue weighted by molar-refractivity contribution is -0.133. The smallest absolute Gasteiger partial charge is 0.245 e. The van der Waals surface area contributed by atoms with Crippen molar-refractivity contribution in [3.8, 4) is 16.9 Å². The molecule has 0 radical (unpaired) electrons. The zero-order chi connectivity index (χ0) is 21.7. The van der Waals surface area contributed by atoms with E-state index in [1.54, 1.807) is 16.8 Å². The molecule has 0 unspecified atom stereocenters. The molecule has 0 aliphatic heterocycles. The van der Waals surface area contributed by atoms with Gasteiger partial charge in [-0.3, -0.25) is 9.59 Å². The largest absolute Gasteiger partial charge is 0.333 e. The lowest BCUT2D eigenvalue weighted by Crippen LogP contribution is -2.39. The number of hydrogen-bond donors (Lipinski definition) is 1. The predicted molar refractivity (Wildman–Crippen MR) is 120 cm³/mol. The number of amides is 2. The number of nitrogens with one attached hydrogen (secondary N) is 1. The van der Waals surface area contributed by atoms with E-state index in [1.165, 1.54) is 11.8 Å². The van der Waals surface area contributed by atoms with Gasteiger partial charge in [0.15, 0.2) is 0 Å². The number of nitrogens with zero attached hydrogens (tertiary/aromatic N) is 3. The molecule has 30 heavy (non-hydrogen) atoms. The fourth-order valence-corrected chi connectivity index (χ4v) is 3.34. The monoisotopic (exact) mass is 424 g/mol. The van der Waals surface area contributed by atoms with E-state index < -0.39 is 0 Å². The molecule has 0 fully saturated rings. The van der Waals surface area contributed by atoms with E-state index in [9.17, 15) is 9.59 Å². The van der Waals surface area contributed by atoms with Crippen LogP contribution in [-0.4, -0.2) is 39.6 Å². The van der Waals surface area contributed by atoms with Crippen molar-refractivity contribution in [3.63, 3.8) is 0 Å². The van der Waals surface area contributed by atoms with Crippen molar-refractivity contribution in [2.75, 3.05) is 18.4 Å². The van der Waals surface area contributed by atoms with Crippen LogP contribution in [0.2, 0.25) is 5.02 Å². The third kappa shape index (κ3) is 5.27. The van der Waals surface area contributed by atoms with E-state index in [0.29, 0.717) is 28.8 Å². The van der Waals surface area contributed by atoms with Crippen molar-refractivity contribution in [3.05, 3.63) is 65.7 Å². The van der Waals surface area contributed by atoms with Gasteiger partial charge in [-0.25, -0.2) is 4.68 Å². The molecule has 156 valence electrons. The van der Waals surface area contributed by atoms with E-state index in [4.69, 9.17) is 11.6 Å². The fourth-order valence-electron chi connectivity index (χ4n) is 3.13. The summed E-state index contributed by atoms with van der Waals surface area (Å²) in [5, 5.41) is 8.07. The Morgan fingerprint density at radius 1 is 1.10 bits per heavy atom. The maximum atomic E-state index is 12.7. The van der Waals surface area contributed by atoms with Gasteiger partial charge >= 0.3 is 0 Å². The van der Waals surface area contributed by atoms with Crippen molar-refractivity contribution >= 4 is 29.2 Å². The molecule has 0 atom stereocenters. The Hall–Kier alpha value is -3.12. The van der Waals surface area contributed by atoms with E-state index >= 15 is 0 Å². The number of carbonyl (C=O) groups is 2. The van der Waals surface area contributed by atoms with Crippen LogP contribution >= 0.6 is 11.6 Å². The van der Waals surface area contributed by atoms with Crippen LogP contribution in [0.4, 0.5) is 5.82 Å². The number of aromatic nitrogens is 2. The van der Waals surface area contributed by atoms with E-state index in [1.807, 2.05) is 62.4 Å². The van der Waals surface area contributed by atoms with Gasteiger partial charge in [-0.2, -0.15) is 5.10 Å². The van der Waals surface area contributed by atoms with Crippen molar-refractivity contribution in [1.29, 1.82) is 0 Å². The molecule has 0 aliphatic rings. The molecule has 2 amide bonds. The molecule has 0 bridgehead atoms. The highest BCUT2D eigenvalue weighted by molar-refractivity contribution is 6.32. The van der Waals surface area contributed by atoms with Crippen LogP contribution < -0.4 is 5.32 Å². The third-order valence-electron chi connectivity index (χ3n) is 4.49. The van der Waals surface area contributed by atoms with Gasteiger partial charge in [-0.05, 0) is 18.1 Å². The van der Waals surface area contributed by atoms with Crippen LogP contribution in [-0.2, 0) is 9.59 Å². The van der Waals surface area contributed by atoms with Crippen LogP contribution in [0.3, 0.4) is 0 Å². The van der Waals surface area contributed by atoms with Gasteiger partial charge in [-0.15, -0.1) is 0 Å². The summed E-state index contributed by atoms with van der Waals surface area (Å²) in [7, 11) is 0. The zero-order valence-electron chi connectivity index (χ0n) is 17.3. The normalized spacial score (nSPS) is 10.8. The van der Waals surface area contributed by atoms with Crippen molar-refractivity contribution < 1.29 is 9.59 Å². The molecular formula is C23H25ClN4O2. The lowest BCUT2D eigenvalue weighted by Gasteiger charge is -2.22. The van der Waals surface area contributed by atoms with Gasteiger partial charge in [0.25, 0.3) is 0 Å². The maximum absolute atomic E-state index is 12.7. The Balaban J connectivity index is 1.93. The maximum Gasteiger partial charge on any atom is 0.245 e. The van der Waals surface area contributed by atoms with Crippen LogP contribution in [0.5, 0.6) is 0 Å². The molecule has 7 heteroatoms. The highest BCUT2D eigenvalue weighted by Gasteiger charge is 2.19. The second-order valence-corrected chi connectivity index (χ2v) is 7.89. The predicted octanol–water partition coefficient (Wildman–Crippen LogP) is 4.64. The molecule has 3 aromatic rings. The molecular weight excluding hydrogens is 400 g/mol. The minimum Gasteiger partial charge on any atom is -0.333 e. The molecule has 3 rings (SSSR count). The highest BCUT2D eigenvalue weighted by atomic mass is 35.5. The number of carbonyl (C=O) groups excluding carboxylic acids is 2. The van der Waals surface area contributed by atoms with E-state index in [-0.39, 0.29) is 24.3 Å². The number of hydrogen-bond acceptors (Lipinski definition) is 3. The SMILES string of the molecule is CC(=O)N(CC(=O)Nc1cc(-c2ccccc2)nn1-c1ccccc1Cl)CC(C)C. The summed E-state index contributed by atoms with van der Waals surface area (Å²) in [4.78, 5) is 26.2. The van der Waals surface area contributed by atoms with Crippen LogP contribution in [0, 0.1) is 5.92 Å². The van der Waals surface area contributed by atoms with Crippen LogP contribution in [0.25, 0.3) is 16.9 Å². The van der Waals surface area contributed by atoms with Gasteiger partial charge in [0.05, 0.1) is 22.9 Å². The van der Waals surface area contributed by atoms with Gasteiger partial charge < -0.3 is 10.2 Å². The quantitative estimate of drug-likeness (QED) is 0.601. The van der Waals surface area contributed by atoms with E-state index in [0.717, 1.165) is 5.56 Å². The minimum absolute atomic E-state index is 0.0259. The van der Waals surface area contributed by atoms with Crippen LogP contribution in [0.15, 0.2) is 60.7 Å². The first kappa shape index (κ1) is 21.6. The summed E-state index contributed by atoms with van der Waals surface area (Å²) in [5.41, 5.74) is 2.28. The molecule has 0 saturated carbocycles. The number of halogens is 1. The summed E-state index contributed by atoms with van der Waals surface area (Å²) in [6.45, 7) is 5.97. The van der Waals surface area contributed by atoms with Gasteiger partial charge in [0.1, 0.15) is 5.82 Å². The molecule has 1 heterocycles. The van der Waals surface area contributed by atoms with Crippen molar-refractivity contribution in [1.82, 2.24) is 14.7 Å². The first-order valence-corrected chi connectivity index (χ1v) is 10.2. The van der Waals surface area contributed by atoms with Crippen molar-refractivity contribution in [2.45, 2.75) is 20.8 Å². The third-order valence-corrected chi connectivity index (χ3v) is 4.81. The number of benzene rings is 2. The minimum atomic E-state index is -0.293. The number of para-hydroxylation sites is 1. The molecule has 6 nitrogen and oxygen atoms in total. The molecule has 0 aliphatic carbocycles. The first-order chi connectivity index (χ1) is 14.3. The standard InChI is InChI=1S/C23H25ClN4O2/c1-16(2)14-27(17(3)29)15-23(30)25-22-13-20(18-9-5-4-6-10-18)26-28(22)21-12-8-7-11-19(21)24/h4-13,16H,14-15H2,1-3H3,(H,25,30). The first-order valence-electron chi connectivity index (χ1n) is 9.81. The Kier molecular flexibility index (Phi) is 6.90. The number of anilines is 1. The lowest BCUT2D eigenvalue weighted by atomic mass is 10.1. The zero-order valence-corrected chi connectivity index (χ0v) is 18.1. The second kappa shape index (κ2) is 9.59. The summed E-state index contributed by atoms with van der Waals surface area (Å²) in [6.07, 6.45) is 0. The Morgan fingerprint density at radius 2 is 1.77 bits per heavy atom. The van der Waals surface area contributed by atoms with Crippen molar-refractivity contribution in [2.24, 2.45) is 5.92 Å². The van der Waals surface area contributed by atoms with E-state index in [2.05, 4.69) is 10.4 Å². The molecule has 0 saturated heterocycles. The fraction of sp³-hybridized carbons (Fsp3) is 0.261. The summed E-state index contributed by atoms with van der Waals surface area (Å²) in [5.74, 6) is 0.321. The summed E-state index contributed by atoms with van der Waals surface area (Å²) in [6, 6.07) is 18.8. The van der Waals surface area contributed by atoms with Gasteiger partial charge in [0, 0.05) is 25.1 Å². The molecule has 1 aromatic heterocycles. The Labute approximate surface area is 181 Å². The Morgan fingerprint density at radius 3 is 2.40 bits per heavy atom. The second-order valence-electron chi connectivity index (χ2n) is 7.49. The Bertz CT molecular complexity index is 1030. The highest BCUT2D eigenvalue weighted by Crippen LogP contribution is 2.28. The van der Waals surface area contributed by atoms with Gasteiger partial charge in [0.2, 0.25) is 11.8 Å². The topological polar surface area (TPSA) is 67.2 Å². The van der Waals surface area contributed by atoms with Crippen LogP contribution in [0.1, 0.15) is 20.8 Å². The molecule has 1 N–H and O–H groups in total.